The van der Waals surface area contributed by atoms with Crippen LogP contribution in [0.3, 0.4) is 0 Å². The lowest BCUT2D eigenvalue weighted by molar-refractivity contribution is 0.413. The van der Waals surface area contributed by atoms with Gasteiger partial charge in [-0.15, -0.1) is 0 Å². The topological polar surface area (TPSA) is 51.1 Å². The Balaban J connectivity index is 1.63. The molecule has 0 saturated heterocycles. The first-order chi connectivity index (χ1) is 10.3. The predicted octanol–water partition coefficient (Wildman–Crippen LogP) is 2.46. The standard InChI is InChI=1S/C16H20N4O/c1-21-13-5-2-4-11(8-13)12-9-18-16-14-6-3-7-17-15(14)19-20(16)10-12/h2,4-5,8,12,18H,3,6-7,9-10H2,1H3,(H,17,19). The summed E-state index contributed by atoms with van der Waals surface area (Å²) in [6, 6.07) is 8.33. The summed E-state index contributed by atoms with van der Waals surface area (Å²) < 4.78 is 7.45. The molecule has 2 aliphatic heterocycles. The van der Waals surface area contributed by atoms with Gasteiger partial charge in [0, 0.05) is 24.6 Å². The molecule has 0 aliphatic carbocycles. The smallest absolute Gasteiger partial charge is 0.153 e. The summed E-state index contributed by atoms with van der Waals surface area (Å²) in [6.45, 7) is 2.90. The second-order valence-corrected chi connectivity index (χ2v) is 5.74. The number of hydrogen-bond donors (Lipinski definition) is 2. The van der Waals surface area contributed by atoms with Crippen LogP contribution in [0.15, 0.2) is 24.3 Å². The molecule has 3 heterocycles. The van der Waals surface area contributed by atoms with Crippen molar-refractivity contribution in [1.82, 2.24) is 9.78 Å². The lowest BCUT2D eigenvalue weighted by atomic mass is 9.97. The molecule has 1 unspecified atom stereocenters. The molecule has 21 heavy (non-hydrogen) atoms. The van der Waals surface area contributed by atoms with Gasteiger partial charge in [0.15, 0.2) is 5.82 Å². The molecular weight excluding hydrogens is 264 g/mol. The van der Waals surface area contributed by atoms with Crippen molar-refractivity contribution in [3.05, 3.63) is 35.4 Å². The number of methoxy groups -OCH3 is 1. The molecule has 1 aromatic heterocycles. The van der Waals surface area contributed by atoms with Gasteiger partial charge in [0.2, 0.25) is 0 Å². The Kier molecular flexibility index (Phi) is 2.98. The molecule has 1 atom stereocenters. The Labute approximate surface area is 124 Å². The molecule has 1 aromatic carbocycles. The average molecular weight is 284 g/mol. The zero-order valence-electron chi connectivity index (χ0n) is 12.2. The highest BCUT2D eigenvalue weighted by Crippen LogP contribution is 2.34. The largest absolute Gasteiger partial charge is 0.497 e. The monoisotopic (exact) mass is 284 g/mol. The first kappa shape index (κ1) is 12.6. The first-order valence-electron chi connectivity index (χ1n) is 7.56. The highest BCUT2D eigenvalue weighted by Gasteiger charge is 2.27. The van der Waals surface area contributed by atoms with Gasteiger partial charge in [-0.25, -0.2) is 4.68 Å². The van der Waals surface area contributed by atoms with Crippen molar-refractivity contribution in [2.24, 2.45) is 0 Å². The molecule has 110 valence electrons. The molecule has 5 heteroatoms. The van der Waals surface area contributed by atoms with Gasteiger partial charge in [-0.3, -0.25) is 0 Å². The van der Waals surface area contributed by atoms with E-state index in [-0.39, 0.29) is 0 Å². The summed E-state index contributed by atoms with van der Waals surface area (Å²) in [5, 5.41) is 11.7. The average Bonchev–Trinajstić information content (AvgIpc) is 2.92. The Hall–Kier alpha value is -2.17. The molecule has 5 nitrogen and oxygen atoms in total. The van der Waals surface area contributed by atoms with E-state index in [1.807, 2.05) is 6.07 Å². The molecule has 0 spiro atoms. The van der Waals surface area contributed by atoms with Gasteiger partial charge in [0.1, 0.15) is 11.6 Å². The van der Waals surface area contributed by atoms with Crippen molar-refractivity contribution in [1.29, 1.82) is 0 Å². The quantitative estimate of drug-likeness (QED) is 0.889. The molecule has 0 bridgehead atoms. The Bertz CT molecular complexity index is 664. The van der Waals surface area contributed by atoms with Gasteiger partial charge in [-0.2, -0.15) is 5.10 Å². The normalized spacial score (nSPS) is 20.0. The van der Waals surface area contributed by atoms with Crippen molar-refractivity contribution in [2.75, 3.05) is 30.8 Å². The fraction of sp³-hybridized carbons (Fsp3) is 0.438. The highest BCUT2D eigenvalue weighted by atomic mass is 16.5. The zero-order chi connectivity index (χ0) is 14.2. The Morgan fingerprint density at radius 2 is 2.29 bits per heavy atom. The van der Waals surface area contributed by atoms with Crippen LogP contribution in [-0.4, -0.2) is 30.0 Å². The van der Waals surface area contributed by atoms with Gasteiger partial charge in [-0.1, -0.05) is 12.1 Å². The lowest BCUT2D eigenvalue weighted by Crippen LogP contribution is -2.26. The van der Waals surface area contributed by atoms with Crippen molar-refractivity contribution >= 4 is 11.6 Å². The number of ether oxygens (including phenoxy) is 1. The number of nitrogens with zero attached hydrogens (tertiary/aromatic N) is 2. The van der Waals surface area contributed by atoms with E-state index in [2.05, 4.69) is 33.5 Å². The molecule has 2 N–H and O–H groups in total. The van der Waals surface area contributed by atoms with Crippen LogP contribution in [0.5, 0.6) is 5.75 Å². The maximum absolute atomic E-state index is 5.33. The van der Waals surface area contributed by atoms with E-state index in [0.29, 0.717) is 5.92 Å². The van der Waals surface area contributed by atoms with Crippen LogP contribution in [-0.2, 0) is 13.0 Å². The van der Waals surface area contributed by atoms with Crippen LogP contribution < -0.4 is 15.4 Å². The van der Waals surface area contributed by atoms with E-state index in [4.69, 9.17) is 9.84 Å². The van der Waals surface area contributed by atoms with Crippen LogP contribution in [0.4, 0.5) is 11.6 Å². The maximum Gasteiger partial charge on any atom is 0.153 e. The van der Waals surface area contributed by atoms with Crippen molar-refractivity contribution in [3.63, 3.8) is 0 Å². The van der Waals surface area contributed by atoms with Gasteiger partial charge in [-0.05, 0) is 30.5 Å². The Morgan fingerprint density at radius 1 is 1.33 bits per heavy atom. The van der Waals surface area contributed by atoms with E-state index < -0.39 is 0 Å². The van der Waals surface area contributed by atoms with Crippen LogP contribution in [0, 0.1) is 0 Å². The number of benzene rings is 1. The number of aromatic nitrogens is 2. The highest BCUT2D eigenvalue weighted by molar-refractivity contribution is 5.61. The fourth-order valence-corrected chi connectivity index (χ4v) is 3.29. The third-order valence-electron chi connectivity index (χ3n) is 4.42. The molecule has 2 aliphatic rings. The zero-order valence-corrected chi connectivity index (χ0v) is 12.2. The molecule has 2 aromatic rings. The summed E-state index contributed by atoms with van der Waals surface area (Å²) in [5.74, 6) is 3.61. The second kappa shape index (κ2) is 4.98. The molecule has 0 amide bonds. The fourth-order valence-electron chi connectivity index (χ4n) is 3.29. The Morgan fingerprint density at radius 3 is 3.19 bits per heavy atom. The van der Waals surface area contributed by atoms with Crippen LogP contribution in [0.25, 0.3) is 0 Å². The minimum atomic E-state index is 0.425. The molecule has 0 saturated carbocycles. The summed E-state index contributed by atoms with van der Waals surface area (Å²) in [5.41, 5.74) is 2.65. The predicted molar refractivity (Wildman–Crippen MR) is 83.3 cm³/mol. The van der Waals surface area contributed by atoms with Gasteiger partial charge >= 0.3 is 0 Å². The van der Waals surface area contributed by atoms with Crippen molar-refractivity contribution < 1.29 is 4.74 Å². The maximum atomic E-state index is 5.33. The number of anilines is 2. The van der Waals surface area contributed by atoms with E-state index in [1.54, 1.807) is 7.11 Å². The van der Waals surface area contributed by atoms with Gasteiger partial charge in [0.25, 0.3) is 0 Å². The summed E-state index contributed by atoms with van der Waals surface area (Å²) >= 11 is 0. The number of nitrogens with one attached hydrogen (secondary N) is 2. The first-order valence-corrected chi connectivity index (χ1v) is 7.56. The third-order valence-corrected chi connectivity index (χ3v) is 4.42. The van der Waals surface area contributed by atoms with Crippen molar-refractivity contribution in [3.8, 4) is 5.75 Å². The molecule has 0 radical (unpaired) electrons. The van der Waals surface area contributed by atoms with Crippen LogP contribution >= 0.6 is 0 Å². The third kappa shape index (κ3) is 2.13. The number of hydrogen-bond acceptors (Lipinski definition) is 4. The van der Waals surface area contributed by atoms with E-state index in [1.165, 1.54) is 23.4 Å². The molecule has 0 fully saturated rings. The SMILES string of the molecule is COc1cccc(C2CNc3c4c(nn3C2)NCCC4)c1. The van der Waals surface area contributed by atoms with E-state index in [9.17, 15) is 0 Å². The van der Waals surface area contributed by atoms with Gasteiger partial charge in [0.05, 0.1) is 13.7 Å². The second-order valence-electron chi connectivity index (χ2n) is 5.74. The van der Waals surface area contributed by atoms with E-state index in [0.717, 1.165) is 37.6 Å². The lowest BCUT2D eigenvalue weighted by Gasteiger charge is -2.26. The minimum absolute atomic E-state index is 0.425. The summed E-state index contributed by atoms with van der Waals surface area (Å²) in [4.78, 5) is 0. The number of fused-ring (bicyclic) bond motifs is 3. The van der Waals surface area contributed by atoms with E-state index >= 15 is 0 Å². The summed E-state index contributed by atoms with van der Waals surface area (Å²) in [6.07, 6.45) is 2.31. The van der Waals surface area contributed by atoms with Gasteiger partial charge < -0.3 is 15.4 Å². The summed E-state index contributed by atoms with van der Waals surface area (Å²) in [7, 11) is 1.71. The molecular formula is C16H20N4O. The van der Waals surface area contributed by atoms with Crippen LogP contribution in [0.2, 0.25) is 0 Å². The van der Waals surface area contributed by atoms with Crippen LogP contribution in [0.1, 0.15) is 23.5 Å². The number of rotatable bonds is 2. The van der Waals surface area contributed by atoms with Crippen molar-refractivity contribution in [2.45, 2.75) is 25.3 Å². The molecule has 4 rings (SSSR count). The minimum Gasteiger partial charge on any atom is -0.497 e.